The van der Waals surface area contributed by atoms with Crippen LogP contribution in [0.15, 0.2) is 46.5 Å². The van der Waals surface area contributed by atoms with E-state index in [9.17, 15) is 21.6 Å². The molecular weight excluding hydrogens is 404 g/mol. The third kappa shape index (κ3) is 4.02. The van der Waals surface area contributed by atoms with Crippen LogP contribution < -0.4 is 0 Å². The number of aryl methyl sites for hydroxylation is 1. The van der Waals surface area contributed by atoms with Gasteiger partial charge in [0, 0.05) is 45.0 Å². The molecule has 28 heavy (non-hydrogen) atoms. The van der Waals surface area contributed by atoms with Gasteiger partial charge in [-0.25, -0.2) is 16.8 Å². The van der Waals surface area contributed by atoms with Crippen molar-refractivity contribution in [3.63, 3.8) is 0 Å². The first kappa shape index (κ1) is 20.6. The Hall–Kier alpha value is -2.08. The van der Waals surface area contributed by atoms with Crippen LogP contribution in [-0.2, 0) is 27.1 Å². The first-order valence-electron chi connectivity index (χ1n) is 8.72. The summed E-state index contributed by atoms with van der Waals surface area (Å²) in [5, 5.41) is 3.89. The van der Waals surface area contributed by atoms with E-state index in [2.05, 4.69) is 5.10 Å². The Kier molecular flexibility index (Phi) is 5.71. The molecular formula is C17H22N4O5S2. The van der Waals surface area contributed by atoms with Gasteiger partial charge in [0.05, 0.1) is 11.1 Å². The smallest absolute Gasteiger partial charge is 0.246 e. The lowest BCUT2D eigenvalue weighted by Crippen LogP contribution is -2.37. The lowest BCUT2D eigenvalue weighted by atomic mass is 10.2. The highest BCUT2D eigenvalue weighted by Crippen LogP contribution is 2.22. The summed E-state index contributed by atoms with van der Waals surface area (Å²) in [6.07, 6.45) is 3.06. The van der Waals surface area contributed by atoms with Gasteiger partial charge in [-0.3, -0.25) is 9.48 Å². The van der Waals surface area contributed by atoms with Crippen LogP contribution in [-0.4, -0.2) is 67.2 Å². The van der Waals surface area contributed by atoms with Gasteiger partial charge in [0.25, 0.3) is 0 Å². The minimum absolute atomic E-state index is 0.0313. The minimum atomic E-state index is -3.83. The molecule has 0 amide bonds. The van der Waals surface area contributed by atoms with Gasteiger partial charge in [-0.1, -0.05) is 12.1 Å². The van der Waals surface area contributed by atoms with Crippen molar-refractivity contribution in [2.24, 2.45) is 7.05 Å². The molecule has 9 nitrogen and oxygen atoms in total. The van der Waals surface area contributed by atoms with Crippen LogP contribution in [0.3, 0.4) is 0 Å². The molecule has 11 heteroatoms. The SMILES string of the molecule is CC(=O)c1cccc(S(=O)(=O)N2CCCN(S(=O)(=O)c3cnn(C)c3)CC2)c1. The van der Waals surface area contributed by atoms with Crippen molar-refractivity contribution in [2.45, 2.75) is 23.1 Å². The average Bonchev–Trinajstić information content (AvgIpc) is 2.93. The maximum Gasteiger partial charge on any atom is 0.246 e. The van der Waals surface area contributed by atoms with Crippen LogP contribution in [0, 0.1) is 0 Å². The fraction of sp³-hybridized carbons (Fsp3) is 0.412. The number of ketones is 1. The molecule has 1 aliphatic rings. The molecule has 0 bridgehead atoms. The Bertz CT molecular complexity index is 1090. The maximum absolute atomic E-state index is 13.0. The van der Waals surface area contributed by atoms with Gasteiger partial charge in [-0.2, -0.15) is 13.7 Å². The molecule has 152 valence electrons. The molecule has 0 radical (unpaired) electrons. The molecule has 0 N–H and O–H groups in total. The molecule has 0 atom stereocenters. The highest BCUT2D eigenvalue weighted by Gasteiger charge is 2.32. The summed E-state index contributed by atoms with van der Waals surface area (Å²) >= 11 is 0. The van der Waals surface area contributed by atoms with E-state index in [1.54, 1.807) is 13.1 Å². The van der Waals surface area contributed by atoms with E-state index in [-0.39, 0.29) is 41.8 Å². The molecule has 0 spiro atoms. The van der Waals surface area contributed by atoms with Crippen molar-refractivity contribution in [2.75, 3.05) is 26.2 Å². The monoisotopic (exact) mass is 426 g/mol. The molecule has 0 unspecified atom stereocenters. The number of hydrogen-bond acceptors (Lipinski definition) is 6. The predicted octanol–water partition coefficient (Wildman–Crippen LogP) is 0.708. The van der Waals surface area contributed by atoms with Crippen molar-refractivity contribution in [1.82, 2.24) is 18.4 Å². The molecule has 2 aromatic rings. The first-order chi connectivity index (χ1) is 13.1. The number of hydrogen-bond donors (Lipinski definition) is 0. The van der Waals surface area contributed by atoms with Crippen molar-refractivity contribution in [1.29, 1.82) is 0 Å². The van der Waals surface area contributed by atoms with Gasteiger partial charge >= 0.3 is 0 Å². The number of benzene rings is 1. The number of aromatic nitrogens is 2. The summed E-state index contributed by atoms with van der Waals surface area (Å²) in [6.45, 7) is 1.87. The fourth-order valence-electron chi connectivity index (χ4n) is 3.06. The summed E-state index contributed by atoms with van der Waals surface area (Å²) in [4.78, 5) is 11.7. The van der Waals surface area contributed by atoms with Crippen molar-refractivity contribution in [3.8, 4) is 0 Å². The Balaban J connectivity index is 1.81. The van der Waals surface area contributed by atoms with E-state index in [1.165, 1.54) is 50.8 Å². The topological polar surface area (TPSA) is 110 Å². The zero-order valence-electron chi connectivity index (χ0n) is 15.6. The fourth-order valence-corrected chi connectivity index (χ4v) is 6.03. The summed E-state index contributed by atoms with van der Waals surface area (Å²) in [5.74, 6) is -0.221. The highest BCUT2D eigenvalue weighted by molar-refractivity contribution is 7.89. The van der Waals surface area contributed by atoms with E-state index in [0.29, 0.717) is 12.0 Å². The van der Waals surface area contributed by atoms with Gasteiger partial charge in [0.1, 0.15) is 4.90 Å². The molecule has 1 aliphatic heterocycles. The average molecular weight is 427 g/mol. The van der Waals surface area contributed by atoms with Crippen LogP contribution in [0.4, 0.5) is 0 Å². The largest absolute Gasteiger partial charge is 0.295 e. The second-order valence-electron chi connectivity index (χ2n) is 6.60. The van der Waals surface area contributed by atoms with Gasteiger partial charge < -0.3 is 0 Å². The summed E-state index contributed by atoms with van der Waals surface area (Å²) < 4.78 is 55.4. The van der Waals surface area contributed by atoms with Crippen LogP contribution in [0.1, 0.15) is 23.7 Å². The lowest BCUT2D eigenvalue weighted by Gasteiger charge is -2.21. The number of nitrogens with zero attached hydrogens (tertiary/aromatic N) is 4. The van der Waals surface area contributed by atoms with E-state index in [0.717, 1.165) is 0 Å². The third-order valence-corrected chi connectivity index (χ3v) is 8.36. The number of carbonyl (C=O) groups is 1. The number of rotatable bonds is 5. The predicted molar refractivity (Wildman–Crippen MR) is 102 cm³/mol. The van der Waals surface area contributed by atoms with Crippen molar-refractivity contribution < 1.29 is 21.6 Å². The van der Waals surface area contributed by atoms with Crippen molar-refractivity contribution >= 4 is 25.8 Å². The highest BCUT2D eigenvalue weighted by atomic mass is 32.2. The summed E-state index contributed by atoms with van der Waals surface area (Å²) in [7, 11) is -5.93. The van der Waals surface area contributed by atoms with Crippen LogP contribution >= 0.6 is 0 Å². The van der Waals surface area contributed by atoms with E-state index >= 15 is 0 Å². The molecule has 0 aliphatic carbocycles. The minimum Gasteiger partial charge on any atom is -0.295 e. The van der Waals surface area contributed by atoms with Gasteiger partial charge in [-0.05, 0) is 25.5 Å². The Labute approximate surface area is 164 Å². The zero-order chi connectivity index (χ0) is 20.5. The Morgan fingerprint density at radius 1 is 0.964 bits per heavy atom. The number of carbonyl (C=O) groups excluding carboxylic acids is 1. The zero-order valence-corrected chi connectivity index (χ0v) is 17.3. The van der Waals surface area contributed by atoms with Crippen LogP contribution in [0.2, 0.25) is 0 Å². The first-order valence-corrected chi connectivity index (χ1v) is 11.6. The summed E-state index contributed by atoms with van der Waals surface area (Å²) in [6, 6.07) is 5.89. The molecule has 1 saturated heterocycles. The lowest BCUT2D eigenvalue weighted by molar-refractivity contribution is 0.101. The van der Waals surface area contributed by atoms with E-state index in [4.69, 9.17) is 0 Å². The third-order valence-electron chi connectivity index (χ3n) is 4.61. The molecule has 0 saturated carbocycles. The Morgan fingerprint density at radius 3 is 2.11 bits per heavy atom. The number of Topliss-reactive ketones (excluding diaryl/α,β-unsaturated/α-hetero) is 1. The molecule has 1 aromatic carbocycles. The van der Waals surface area contributed by atoms with Crippen LogP contribution in [0.25, 0.3) is 0 Å². The Morgan fingerprint density at radius 2 is 1.57 bits per heavy atom. The maximum atomic E-state index is 13.0. The number of sulfonamides is 2. The van der Waals surface area contributed by atoms with Crippen LogP contribution in [0.5, 0.6) is 0 Å². The quantitative estimate of drug-likeness (QED) is 0.651. The molecule has 1 fully saturated rings. The van der Waals surface area contributed by atoms with Gasteiger partial charge in [-0.15, -0.1) is 0 Å². The summed E-state index contributed by atoms with van der Waals surface area (Å²) in [5.41, 5.74) is 0.316. The van der Waals surface area contributed by atoms with Gasteiger partial charge in [0.15, 0.2) is 5.78 Å². The molecule has 1 aromatic heterocycles. The van der Waals surface area contributed by atoms with E-state index < -0.39 is 20.0 Å². The molecule has 3 rings (SSSR count). The van der Waals surface area contributed by atoms with Gasteiger partial charge in [0.2, 0.25) is 20.0 Å². The molecule has 2 heterocycles. The van der Waals surface area contributed by atoms with E-state index in [1.807, 2.05) is 0 Å². The second-order valence-corrected chi connectivity index (χ2v) is 10.5. The second kappa shape index (κ2) is 7.74. The van der Waals surface area contributed by atoms with Crippen molar-refractivity contribution in [3.05, 3.63) is 42.2 Å². The normalized spacial score (nSPS) is 17.4. The standard InChI is InChI=1S/C17H22N4O5S2/c1-14(22)15-5-3-6-16(11-15)27(23,24)20-7-4-8-21(10-9-20)28(25,26)17-12-18-19(2)13-17/h3,5-6,11-13H,4,7-10H2,1-2H3.